The van der Waals surface area contributed by atoms with Crippen LogP contribution < -0.4 is 26.6 Å². The van der Waals surface area contributed by atoms with Gasteiger partial charge in [0.2, 0.25) is 11.8 Å². The first-order valence-corrected chi connectivity index (χ1v) is 33.9. The highest BCUT2D eigenvalue weighted by Crippen LogP contribution is 2.72. The Labute approximate surface area is 565 Å². The second-order valence-electron chi connectivity index (χ2n) is 28.5. The Morgan fingerprint density at radius 1 is 0.845 bits per heavy atom. The smallest absolute Gasteiger partial charge is 0.410 e. The minimum atomic E-state index is -1.90. The third-order valence-electron chi connectivity index (χ3n) is 20.2. The standard InChI is InChI=1S/C70H88N10O16S/c1-38(2)54(71)62(88)73-39(3)60(86)74-44-16-14-43(42(26-44)15-18-51-56(83)57(84)58(85)59(96-51)64(91)92)30-94-66(93)78(23-21-45(82)29-81)24-25-95-70-34-67(5)31-68(6,35-70)33-69(32-67,36-70)37-80-40(4)48(27-72-80)46-17-19-53(76-55(46)63(89)90)79-22-20-41-10-9-11-47(49(41)28-79)61(87)77-65-75-50-12-7-8-13-52(50)97-65/h7-14,16-17,19,26-27,38-39,45,51,54,56-59,81-85H,15,18,20-25,28-37,71H2,1-6H3,(H,73,88)(H,74,86)(H,89,90)(H,91,92)(H,75,77,87)/t39?,45?,51-,54?,56-,57+,58-,59-,67?,68?,69?,70?/m0/s1. The molecule has 10 atom stereocenters. The molecular weight excluding hydrogens is 1270 g/mol. The number of aliphatic carboxylic acids is 1. The van der Waals surface area contributed by atoms with Gasteiger partial charge in [-0.3, -0.25) is 24.4 Å². The fourth-order valence-corrected chi connectivity index (χ4v) is 17.3. The number of aromatic carboxylic acids is 1. The van der Waals surface area contributed by atoms with Crippen molar-refractivity contribution in [3.8, 4) is 11.1 Å². The molecule has 3 aromatic heterocycles. The van der Waals surface area contributed by atoms with Gasteiger partial charge in [-0.1, -0.05) is 69.4 Å². The lowest BCUT2D eigenvalue weighted by Crippen LogP contribution is -2.64. The van der Waals surface area contributed by atoms with E-state index in [4.69, 9.17) is 30.0 Å². The summed E-state index contributed by atoms with van der Waals surface area (Å²) in [6.45, 7) is 12.4. The van der Waals surface area contributed by atoms with Gasteiger partial charge in [-0.05, 0) is 165 Å². The van der Waals surface area contributed by atoms with Crippen molar-refractivity contribution in [2.24, 2.45) is 27.9 Å². The summed E-state index contributed by atoms with van der Waals surface area (Å²) in [6.07, 6.45) is -3.01. The number of amides is 4. The van der Waals surface area contributed by atoms with Crippen LogP contribution in [0.1, 0.15) is 135 Å². The molecule has 27 heteroatoms. The van der Waals surface area contributed by atoms with Gasteiger partial charge < -0.3 is 76.1 Å². The summed E-state index contributed by atoms with van der Waals surface area (Å²) >= 11 is 1.40. The maximum atomic E-state index is 14.3. The molecule has 3 aromatic carbocycles. The van der Waals surface area contributed by atoms with E-state index in [1.54, 1.807) is 50.4 Å². The number of aliphatic hydroxyl groups excluding tert-OH is 5. The van der Waals surface area contributed by atoms with Crippen molar-refractivity contribution in [2.45, 2.75) is 180 Å². The lowest BCUT2D eigenvalue weighted by atomic mass is 9.39. The van der Waals surface area contributed by atoms with Crippen LogP contribution in [-0.2, 0) is 61.1 Å². The van der Waals surface area contributed by atoms with E-state index in [1.807, 2.05) is 59.0 Å². The zero-order valence-corrected chi connectivity index (χ0v) is 56.2. The molecule has 1 saturated heterocycles. The molecule has 2 aliphatic heterocycles. The first kappa shape index (κ1) is 70.3. The fraction of sp³-hybridized carbons (Fsp3) is 0.529. The Kier molecular flexibility index (Phi) is 20.6. The zero-order valence-electron chi connectivity index (χ0n) is 55.4. The molecule has 4 saturated carbocycles. The lowest BCUT2D eigenvalue weighted by Gasteiger charge is -2.69. The molecule has 6 aromatic rings. The number of anilines is 3. The molecule has 4 amide bonds. The largest absolute Gasteiger partial charge is 0.479 e. The third kappa shape index (κ3) is 15.3. The molecule has 6 aliphatic rings. The predicted molar refractivity (Wildman–Crippen MR) is 359 cm³/mol. The van der Waals surface area contributed by atoms with Gasteiger partial charge >= 0.3 is 18.0 Å². The number of aliphatic hydroxyl groups is 5. The molecule has 4 bridgehead atoms. The van der Waals surface area contributed by atoms with E-state index in [1.165, 1.54) is 23.2 Å². The lowest BCUT2D eigenvalue weighted by molar-refractivity contribution is -0.248. The highest BCUT2D eigenvalue weighted by molar-refractivity contribution is 7.22. The molecule has 4 aliphatic carbocycles. The molecule has 5 heterocycles. The van der Waals surface area contributed by atoms with Crippen LogP contribution in [0.4, 0.5) is 21.4 Å². The van der Waals surface area contributed by atoms with Gasteiger partial charge in [-0.25, -0.2) is 24.4 Å². The van der Waals surface area contributed by atoms with Gasteiger partial charge in [-0.2, -0.15) is 5.10 Å². The number of aryl methyl sites for hydroxylation is 1. The van der Waals surface area contributed by atoms with Crippen molar-refractivity contribution < 1.29 is 78.7 Å². The van der Waals surface area contributed by atoms with Crippen LogP contribution in [0.25, 0.3) is 21.3 Å². The van der Waals surface area contributed by atoms with Crippen LogP contribution in [0.3, 0.4) is 0 Å². The van der Waals surface area contributed by atoms with Crippen LogP contribution in [0.5, 0.6) is 0 Å². The summed E-state index contributed by atoms with van der Waals surface area (Å²) < 4.78 is 21.6. The Bertz CT molecular complexity index is 3900. The number of carbonyl (C=O) groups is 6. The average Bonchev–Trinajstić information content (AvgIpc) is 1.57. The number of rotatable bonds is 26. The van der Waals surface area contributed by atoms with E-state index in [0.717, 1.165) is 59.1 Å². The number of carboxylic acid groups (broad SMARTS) is 2. The molecule has 0 radical (unpaired) electrons. The summed E-state index contributed by atoms with van der Waals surface area (Å²) in [5.74, 6) is -3.81. The number of fused-ring (bicyclic) bond motifs is 2. The first-order valence-electron chi connectivity index (χ1n) is 33.1. The van der Waals surface area contributed by atoms with Crippen molar-refractivity contribution >= 4 is 73.9 Å². The van der Waals surface area contributed by atoms with E-state index in [9.17, 15) is 64.5 Å². The van der Waals surface area contributed by atoms with Crippen molar-refractivity contribution in [3.63, 3.8) is 0 Å². The van der Waals surface area contributed by atoms with E-state index in [-0.39, 0.29) is 85.0 Å². The van der Waals surface area contributed by atoms with Crippen LogP contribution in [0, 0.1) is 29.1 Å². The minimum Gasteiger partial charge on any atom is -0.479 e. The van der Waals surface area contributed by atoms with Crippen molar-refractivity contribution in [1.82, 2.24) is 30.0 Å². The number of hydrogen-bond acceptors (Lipinski definition) is 20. The molecule has 5 fully saturated rings. The number of hydrogen-bond donors (Lipinski definition) is 11. The van der Waals surface area contributed by atoms with Gasteiger partial charge in [0.1, 0.15) is 36.8 Å². The molecule has 0 spiro atoms. The second-order valence-corrected chi connectivity index (χ2v) is 29.6. The summed E-state index contributed by atoms with van der Waals surface area (Å²) in [5.41, 5.74) is 11.1. The zero-order chi connectivity index (χ0) is 69.5. The number of carboxylic acids is 2. The Balaban J connectivity index is 0.769. The molecule has 26 nitrogen and oxygen atoms in total. The summed E-state index contributed by atoms with van der Waals surface area (Å²) in [6, 6.07) is 19.9. The Morgan fingerprint density at radius 2 is 1.60 bits per heavy atom. The summed E-state index contributed by atoms with van der Waals surface area (Å²) in [4.78, 5) is 92.2. The quantitative estimate of drug-likeness (QED) is 0.0288. The maximum absolute atomic E-state index is 14.3. The van der Waals surface area contributed by atoms with Gasteiger partial charge in [0, 0.05) is 60.8 Å². The monoisotopic (exact) mass is 1360 g/mol. The van der Waals surface area contributed by atoms with E-state index < -0.39 is 90.8 Å². The van der Waals surface area contributed by atoms with Gasteiger partial charge in [0.15, 0.2) is 16.9 Å². The molecular formula is C70H88N10O16S. The fourth-order valence-electron chi connectivity index (χ4n) is 16.4. The summed E-state index contributed by atoms with van der Waals surface area (Å²) in [7, 11) is 0. The molecule has 97 heavy (non-hydrogen) atoms. The number of pyridine rings is 1. The second kappa shape index (κ2) is 28.5. The third-order valence-corrected chi connectivity index (χ3v) is 21.1. The van der Waals surface area contributed by atoms with Gasteiger partial charge in [0.05, 0.1) is 53.5 Å². The van der Waals surface area contributed by atoms with Gasteiger partial charge in [0.25, 0.3) is 5.91 Å². The van der Waals surface area contributed by atoms with Gasteiger partial charge in [-0.15, -0.1) is 0 Å². The van der Waals surface area contributed by atoms with Crippen molar-refractivity contribution in [3.05, 3.63) is 118 Å². The number of aromatic nitrogens is 4. The van der Waals surface area contributed by atoms with Crippen molar-refractivity contribution in [1.29, 1.82) is 0 Å². The first-order chi connectivity index (χ1) is 46.1. The average molecular weight is 1360 g/mol. The number of carbonyl (C=O) groups excluding carboxylic acids is 4. The minimum absolute atomic E-state index is 0.00967. The number of ether oxygens (including phenoxy) is 3. The number of nitrogens with one attached hydrogen (secondary N) is 3. The van der Waals surface area contributed by atoms with E-state index in [0.29, 0.717) is 71.2 Å². The SMILES string of the molecule is Cc1c(-c2ccc(N3CCc4cccc(C(=O)Nc5nc6ccccc6s5)c4C3)nc2C(=O)O)cnn1CC12CC3(C)CC(C)(C1)CC(OCCN(CCC(O)CO)C(=O)OCc1ccc(NC(=O)C(C)NC(=O)C(N)C(C)C)cc1CC[C@@H]1O[C@H](C(=O)O)[C@@H](O)[C@H](O)[C@H]1O)(C3)C2. The molecule has 520 valence electrons. The number of thiazole rings is 1. The van der Waals surface area contributed by atoms with E-state index in [2.05, 4.69) is 34.8 Å². The number of nitrogens with zero attached hydrogens (tertiary/aromatic N) is 6. The predicted octanol–water partition coefficient (Wildman–Crippen LogP) is 6.19. The molecule has 5 unspecified atom stereocenters. The maximum Gasteiger partial charge on any atom is 0.410 e. The van der Waals surface area contributed by atoms with Crippen LogP contribution in [0.15, 0.2) is 79.0 Å². The Morgan fingerprint density at radius 3 is 2.31 bits per heavy atom. The molecule has 12 N–H and O–H groups in total. The van der Waals surface area contributed by atoms with Crippen LogP contribution in [-0.4, -0.2) is 183 Å². The molecule has 12 rings (SSSR count). The topological polar surface area (TPSA) is 384 Å². The Hall–Kier alpha value is -7.99. The van der Waals surface area contributed by atoms with Crippen LogP contribution >= 0.6 is 11.3 Å². The highest BCUT2D eigenvalue weighted by Gasteiger charge is 2.66. The number of para-hydroxylation sites is 1. The van der Waals surface area contributed by atoms with Crippen LogP contribution in [0.2, 0.25) is 0 Å². The van der Waals surface area contributed by atoms with E-state index >= 15 is 0 Å². The number of nitrogens with two attached hydrogens (primary N) is 1. The number of benzene rings is 3. The highest BCUT2D eigenvalue weighted by atomic mass is 32.1. The van der Waals surface area contributed by atoms with Crippen molar-refractivity contribution in [2.75, 3.05) is 48.4 Å². The normalized spacial score (nSPS) is 25.9. The summed E-state index contributed by atoms with van der Waals surface area (Å²) in [5, 5.41) is 86.5.